The first-order valence-corrected chi connectivity index (χ1v) is 8.16. The molecular weight excluding hydrogens is 286 g/mol. The largest absolute Gasteiger partial charge is 0.444 e. The van der Waals surface area contributed by atoms with E-state index in [-0.39, 0.29) is 12.1 Å². The molecule has 1 amide bonds. The molecule has 2 N–H and O–H groups in total. The van der Waals surface area contributed by atoms with Gasteiger partial charge in [0.1, 0.15) is 10.6 Å². The molecule has 1 heterocycles. The van der Waals surface area contributed by atoms with E-state index in [2.05, 4.69) is 29.5 Å². The summed E-state index contributed by atoms with van der Waals surface area (Å²) in [5.74, 6) is 0.404. The van der Waals surface area contributed by atoms with Crippen molar-refractivity contribution in [3.8, 4) is 0 Å². The van der Waals surface area contributed by atoms with Crippen LogP contribution >= 0.6 is 11.3 Å². The lowest BCUT2D eigenvalue weighted by Crippen LogP contribution is -2.45. The van der Waals surface area contributed by atoms with E-state index in [1.807, 2.05) is 33.1 Å². The molecule has 0 aromatic carbocycles. The number of ether oxygens (including phenoxy) is 1. The van der Waals surface area contributed by atoms with Crippen LogP contribution in [0, 0.1) is 12.8 Å². The monoisotopic (exact) mass is 313 g/mol. The molecular formula is C15H27N3O2S. The Balaban J connectivity index is 2.41. The van der Waals surface area contributed by atoms with Gasteiger partial charge in [0.05, 0.1) is 0 Å². The van der Waals surface area contributed by atoms with Crippen LogP contribution in [0.2, 0.25) is 0 Å². The molecule has 0 aliphatic heterocycles. The highest BCUT2D eigenvalue weighted by Crippen LogP contribution is 2.10. The third kappa shape index (κ3) is 7.43. The molecule has 0 saturated carbocycles. The van der Waals surface area contributed by atoms with Gasteiger partial charge in [-0.1, -0.05) is 13.8 Å². The van der Waals surface area contributed by atoms with Crippen molar-refractivity contribution in [3.05, 3.63) is 16.1 Å². The van der Waals surface area contributed by atoms with Crippen LogP contribution in [0.3, 0.4) is 0 Å². The third-order valence-corrected chi connectivity index (χ3v) is 3.82. The zero-order valence-corrected chi connectivity index (χ0v) is 14.6. The molecule has 0 saturated heterocycles. The summed E-state index contributed by atoms with van der Waals surface area (Å²) >= 11 is 1.65. The standard InChI is InChI=1S/C15H27N3O2S/c1-10(2)12(7-17-14(19)20-15(4,5)6)16-8-13-18-11(3)9-21-13/h9-10,12,16H,7-8H2,1-6H3,(H,17,19). The number of amides is 1. The van der Waals surface area contributed by atoms with Gasteiger partial charge in [-0.2, -0.15) is 0 Å². The molecule has 6 heteroatoms. The summed E-state index contributed by atoms with van der Waals surface area (Å²) in [6.45, 7) is 13.1. The summed E-state index contributed by atoms with van der Waals surface area (Å²) in [5.41, 5.74) is 0.577. The number of hydrogen-bond donors (Lipinski definition) is 2. The fraction of sp³-hybridized carbons (Fsp3) is 0.733. The van der Waals surface area contributed by atoms with Crippen LogP contribution < -0.4 is 10.6 Å². The van der Waals surface area contributed by atoms with Crippen LogP contribution in [0.25, 0.3) is 0 Å². The third-order valence-electron chi connectivity index (χ3n) is 2.85. The Labute approximate surface area is 131 Å². The van der Waals surface area contributed by atoms with Gasteiger partial charge in [-0.25, -0.2) is 9.78 Å². The van der Waals surface area contributed by atoms with Crippen molar-refractivity contribution in [1.82, 2.24) is 15.6 Å². The normalized spacial score (nSPS) is 13.3. The van der Waals surface area contributed by atoms with E-state index in [9.17, 15) is 4.79 Å². The maximum Gasteiger partial charge on any atom is 0.407 e. The second-order valence-corrected chi connectivity index (χ2v) is 7.44. The van der Waals surface area contributed by atoms with E-state index in [1.54, 1.807) is 11.3 Å². The van der Waals surface area contributed by atoms with Gasteiger partial charge >= 0.3 is 6.09 Å². The minimum Gasteiger partial charge on any atom is -0.444 e. The topological polar surface area (TPSA) is 63.2 Å². The predicted molar refractivity (Wildman–Crippen MR) is 86.6 cm³/mol. The fourth-order valence-corrected chi connectivity index (χ4v) is 2.48. The number of rotatable bonds is 6. The van der Waals surface area contributed by atoms with Crippen molar-refractivity contribution in [2.75, 3.05) is 6.54 Å². The Bertz CT molecular complexity index is 452. The lowest BCUT2D eigenvalue weighted by atomic mass is 10.0. The summed E-state index contributed by atoms with van der Waals surface area (Å²) < 4.78 is 5.25. The Morgan fingerprint density at radius 1 is 1.43 bits per heavy atom. The lowest BCUT2D eigenvalue weighted by molar-refractivity contribution is 0.0519. The molecule has 1 aromatic rings. The average Bonchev–Trinajstić information content (AvgIpc) is 2.72. The van der Waals surface area contributed by atoms with Crippen LogP contribution in [-0.4, -0.2) is 29.3 Å². The van der Waals surface area contributed by atoms with Crippen LogP contribution in [0.1, 0.15) is 45.3 Å². The Morgan fingerprint density at radius 3 is 2.57 bits per heavy atom. The first-order chi connectivity index (χ1) is 9.67. The van der Waals surface area contributed by atoms with E-state index < -0.39 is 5.60 Å². The number of thiazole rings is 1. The maximum atomic E-state index is 11.7. The molecule has 0 aliphatic carbocycles. The van der Waals surface area contributed by atoms with Gasteiger partial charge in [0.15, 0.2) is 0 Å². The molecule has 21 heavy (non-hydrogen) atoms. The molecule has 0 aliphatic rings. The zero-order chi connectivity index (χ0) is 16.0. The fourth-order valence-electron chi connectivity index (χ4n) is 1.75. The van der Waals surface area contributed by atoms with E-state index in [0.29, 0.717) is 12.5 Å². The number of nitrogens with one attached hydrogen (secondary N) is 2. The van der Waals surface area contributed by atoms with Crippen molar-refractivity contribution in [3.63, 3.8) is 0 Å². The van der Waals surface area contributed by atoms with Gasteiger partial charge in [0.2, 0.25) is 0 Å². The molecule has 5 nitrogen and oxygen atoms in total. The molecule has 0 bridgehead atoms. The smallest absolute Gasteiger partial charge is 0.407 e. The molecule has 1 aromatic heterocycles. The minimum absolute atomic E-state index is 0.182. The molecule has 0 fully saturated rings. The molecule has 1 rings (SSSR count). The van der Waals surface area contributed by atoms with Crippen LogP contribution in [0.15, 0.2) is 5.38 Å². The highest BCUT2D eigenvalue weighted by Gasteiger charge is 2.19. The zero-order valence-electron chi connectivity index (χ0n) is 13.8. The second-order valence-electron chi connectivity index (χ2n) is 6.50. The highest BCUT2D eigenvalue weighted by atomic mass is 32.1. The number of carbonyl (C=O) groups is 1. The van der Waals surface area contributed by atoms with Crippen molar-refractivity contribution in [2.45, 2.75) is 59.7 Å². The lowest BCUT2D eigenvalue weighted by Gasteiger charge is -2.24. The highest BCUT2D eigenvalue weighted by molar-refractivity contribution is 7.09. The first-order valence-electron chi connectivity index (χ1n) is 7.28. The van der Waals surface area contributed by atoms with E-state index >= 15 is 0 Å². The summed E-state index contributed by atoms with van der Waals surface area (Å²) in [5, 5.41) is 9.37. The molecule has 1 atom stereocenters. The second kappa shape index (κ2) is 7.75. The molecule has 1 unspecified atom stereocenters. The molecule has 0 spiro atoms. The summed E-state index contributed by atoms with van der Waals surface area (Å²) in [6, 6.07) is 0.182. The average molecular weight is 313 g/mol. The van der Waals surface area contributed by atoms with Crippen molar-refractivity contribution in [2.24, 2.45) is 5.92 Å². The molecule has 0 radical (unpaired) electrons. The van der Waals surface area contributed by atoms with E-state index in [4.69, 9.17) is 4.74 Å². The number of nitrogens with zero attached hydrogens (tertiary/aromatic N) is 1. The van der Waals surface area contributed by atoms with E-state index in [1.165, 1.54) is 0 Å². The quantitative estimate of drug-likeness (QED) is 0.847. The van der Waals surface area contributed by atoms with Gasteiger partial charge in [0.25, 0.3) is 0 Å². The summed E-state index contributed by atoms with van der Waals surface area (Å²) in [7, 11) is 0. The number of aryl methyl sites for hydroxylation is 1. The van der Waals surface area contributed by atoms with Crippen LogP contribution in [0.4, 0.5) is 4.79 Å². The SMILES string of the molecule is Cc1csc(CNC(CNC(=O)OC(C)(C)C)C(C)C)n1. The number of hydrogen-bond acceptors (Lipinski definition) is 5. The van der Waals surface area contributed by atoms with Gasteiger partial charge in [-0.05, 0) is 33.6 Å². The van der Waals surface area contributed by atoms with Gasteiger partial charge in [-0.3, -0.25) is 0 Å². The van der Waals surface area contributed by atoms with E-state index in [0.717, 1.165) is 17.2 Å². The minimum atomic E-state index is -0.469. The Kier molecular flexibility index (Phi) is 6.61. The number of aromatic nitrogens is 1. The Hall–Kier alpha value is -1.14. The van der Waals surface area contributed by atoms with Crippen LogP contribution in [-0.2, 0) is 11.3 Å². The van der Waals surface area contributed by atoms with Crippen molar-refractivity contribution < 1.29 is 9.53 Å². The Morgan fingerprint density at radius 2 is 2.10 bits per heavy atom. The van der Waals surface area contributed by atoms with Gasteiger partial charge in [-0.15, -0.1) is 11.3 Å². The van der Waals surface area contributed by atoms with Gasteiger partial charge in [0, 0.05) is 30.2 Å². The van der Waals surface area contributed by atoms with Crippen LogP contribution in [0.5, 0.6) is 0 Å². The maximum absolute atomic E-state index is 11.7. The number of alkyl carbamates (subject to hydrolysis) is 1. The number of carbonyl (C=O) groups excluding carboxylic acids is 1. The molecule has 120 valence electrons. The van der Waals surface area contributed by atoms with Gasteiger partial charge < -0.3 is 15.4 Å². The predicted octanol–water partition coefficient (Wildman–Crippen LogP) is 3.09. The summed E-state index contributed by atoms with van der Waals surface area (Å²) in [4.78, 5) is 16.1. The first kappa shape index (κ1) is 17.9. The van der Waals surface area contributed by atoms with Crippen molar-refractivity contribution >= 4 is 17.4 Å². The summed E-state index contributed by atoms with van der Waals surface area (Å²) in [6.07, 6.45) is -0.375. The van der Waals surface area contributed by atoms with Crippen molar-refractivity contribution in [1.29, 1.82) is 0 Å².